The number of rotatable bonds is 8. The summed E-state index contributed by atoms with van der Waals surface area (Å²) in [4.78, 5) is 0. The first kappa shape index (κ1) is 18.0. The zero-order valence-electron chi connectivity index (χ0n) is 13.9. The highest BCUT2D eigenvalue weighted by atomic mass is 32.2. The summed E-state index contributed by atoms with van der Waals surface area (Å²) >= 11 is 3.81. The van der Waals surface area contributed by atoms with E-state index in [4.69, 9.17) is 4.74 Å². The molecule has 0 bridgehead atoms. The quantitative estimate of drug-likeness (QED) is 0.532. The fourth-order valence-electron chi connectivity index (χ4n) is 3.17. The number of hydrogen-bond donors (Lipinski definition) is 1. The largest absolute Gasteiger partial charge is 0.493 e. The van der Waals surface area contributed by atoms with Gasteiger partial charge >= 0.3 is 0 Å². The van der Waals surface area contributed by atoms with Crippen molar-refractivity contribution in [3.63, 3.8) is 0 Å². The van der Waals surface area contributed by atoms with Crippen LogP contribution in [0.1, 0.15) is 56.1 Å². The summed E-state index contributed by atoms with van der Waals surface area (Å²) in [7, 11) is 0. The molecule has 1 atom stereocenters. The summed E-state index contributed by atoms with van der Waals surface area (Å²) in [5, 5.41) is 9.79. The molecule has 1 heterocycles. The number of benzene rings is 1. The molecule has 1 aliphatic rings. The summed E-state index contributed by atoms with van der Waals surface area (Å²) in [6, 6.07) is 6.53. The Morgan fingerprint density at radius 2 is 2.05 bits per heavy atom. The Kier molecular flexibility index (Phi) is 6.97. The normalized spacial score (nSPS) is 17.6. The highest BCUT2D eigenvalue weighted by molar-refractivity contribution is 8.16. The lowest BCUT2D eigenvalue weighted by atomic mass is 9.91. The van der Waals surface area contributed by atoms with Crippen molar-refractivity contribution in [2.24, 2.45) is 0 Å². The number of thioether (sulfide) groups is 2. The maximum Gasteiger partial charge on any atom is 0.124 e. The third-order valence-corrected chi connectivity index (χ3v) is 7.78. The van der Waals surface area contributed by atoms with Gasteiger partial charge in [0, 0.05) is 24.5 Å². The van der Waals surface area contributed by atoms with Gasteiger partial charge in [-0.15, -0.1) is 23.5 Å². The van der Waals surface area contributed by atoms with E-state index in [1.54, 1.807) is 0 Å². The molecule has 0 unspecified atom stereocenters. The summed E-state index contributed by atoms with van der Waals surface area (Å²) in [6.07, 6.45) is 10.1. The van der Waals surface area contributed by atoms with E-state index < -0.39 is 0 Å². The van der Waals surface area contributed by atoms with Crippen molar-refractivity contribution in [1.82, 2.24) is 0 Å². The number of aliphatic hydroxyl groups excluding tert-OH is 1. The summed E-state index contributed by atoms with van der Waals surface area (Å²) in [5.74, 6) is 1.27. The predicted octanol–water partition coefficient (Wildman–Crippen LogP) is 5.00. The van der Waals surface area contributed by atoms with Gasteiger partial charge in [-0.3, -0.25) is 0 Å². The molecule has 0 aromatic heterocycles. The van der Waals surface area contributed by atoms with Gasteiger partial charge in [0.2, 0.25) is 0 Å². The van der Waals surface area contributed by atoms with Crippen molar-refractivity contribution < 1.29 is 9.84 Å². The van der Waals surface area contributed by atoms with Crippen molar-refractivity contribution >= 4 is 23.5 Å². The molecule has 4 heteroatoms. The van der Waals surface area contributed by atoms with Gasteiger partial charge in [0.05, 0.1) is 10.7 Å². The summed E-state index contributed by atoms with van der Waals surface area (Å²) in [6.45, 7) is 3.23. The van der Waals surface area contributed by atoms with Crippen molar-refractivity contribution in [3.05, 3.63) is 29.3 Å². The molecule has 0 amide bonds. The zero-order valence-corrected chi connectivity index (χ0v) is 15.6. The van der Waals surface area contributed by atoms with Crippen molar-refractivity contribution in [2.75, 3.05) is 25.7 Å². The molecule has 1 aliphatic heterocycles. The van der Waals surface area contributed by atoms with Gasteiger partial charge < -0.3 is 9.84 Å². The first-order chi connectivity index (χ1) is 10.7. The van der Waals surface area contributed by atoms with Gasteiger partial charge in [0.15, 0.2) is 0 Å². The van der Waals surface area contributed by atoms with E-state index in [9.17, 15) is 5.11 Å². The van der Waals surface area contributed by atoms with E-state index in [1.165, 1.54) is 30.4 Å². The molecule has 1 N–H and O–H groups in total. The molecule has 0 saturated heterocycles. The van der Waals surface area contributed by atoms with E-state index in [-0.39, 0.29) is 16.6 Å². The predicted molar refractivity (Wildman–Crippen MR) is 99.2 cm³/mol. The second-order valence-electron chi connectivity index (χ2n) is 5.89. The Bertz CT molecular complexity index is 472. The zero-order chi connectivity index (χ0) is 16.0. The maximum atomic E-state index is 9.79. The standard InChI is InChI=1S/C18H28O2S2/c1-4-5-6-7-15(13-19)14-8-9-17-16(12-14)18(21-2,22-3)10-11-20-17/h8-9,12,15,19H,4-7,10-11,13H2,1-3H3/t15-/m1/s1. The monoisotopic (exact) mass is 340 g/mol. The molecule has 124 valence electrons. The molecule has 2 nitrogen and oxygen atoms in total. The molecule has 2 rings (SSSR count). The van der Waals surface area contributed by atoms with Crippen molar-refractivity contribution in [3.8, 4) is 5.75 Å². The van der Waals surface area contributed by atoms with E-state index in [0.717, 1.165) is 25.2 Å². The number of aliphatic hydroxyl groups is 1. The van der Waals surface area contributed by atoms with Crippen LogP contribution in [0.2, 0.25) is 0 Å². The number of hydrogen-bond acceptors (Lipinski definition) is 4. The van der Waals surface area contributed by atoms with Gasteiger partial charge in [0.25, 0.3) is 0 Å². The highest BCUT2D eigenvalue weighted by Gasteiger charge is 2.37. The van der Waals surface area contributed by atoms with Crippen LogP contribution in [-0.2, 0) is 4.08 Å². The third kappa shape index (κ3) is 3.77. The third-order valence-electron chi connectivity index (χ3n) is 4.61. The van der Waals surface area contributed by atoms with Crippen LogP contribution in [0.25, 0.3) is 0 Å². The fourth-order valence-corrected chi connectivity index (χ4v) is 5.17. The molecule has 0 spiro atoms. The molecule has 0 fully saturated rings. The lowest BCUT2D eigenvalue weighted by Gasteiger charge is -2.36. The Morgan fingerprint density at radius 1 is 1.27 bits per heavy atom. The lowest BCUT2D eigenvalue weighted by Crippen LogP contribution is -2.26. The van der Waals surface area contributed by atoms with E-state index in [1.807, 2.05) is 23.5 Å². The van der Waals surface area contributed by atoms with E-state index >= 15 is 0 Å². The second-order valence-corrected chi connectivity index (χ2v) is 8.36. The van der Waals surface area contributed by atoms with E-state index in [2.05, 4.69) is 37.6 Å². The van der Waals surface area contributed by atoms with Gasteiger partial charge in [-0.05, 0) is 36.6 Å². The molecule has 1 aromatic carbocycles. The molecule has 0 radical (unpaired) electrons. The summed E-state index contributed by atoms with van der Waals surface area (Å²) in [5.41, 5.74) is 2.56. The number of ether oxygens (including phenoxy) is 1. The van der Waals surface area contributed by atoms with Crippen LogP contribution in [0, 0.1) is 0 Å². The number of fused-ring (bicyclic) bond motifs is 1. The summed E-state index contributed by atoms with van der Waals surface area (Å²) < 4.78 is 5.95. The average molecular weight is 341 g/mol. The van der Waals surface area contributed by atoms with Crippen LogP contribution in [0.4, 0.5) is 0 Å². The Morgan fingerprint density at radius 3 is 2.68 bits per heavy atom. The Labute approximate surface area is 143 Å². The minimum absolute atomic E-state index is 0.0903. The molecular weight excluding hydrogens is 312 g/mol. The van der Waals surface area contributed by atoms with Gasteiger partial charge in [-0.2, -0.15) is 0 Å². The highest BCUT2D eigenvalue weighted by Crippen LogP contribution is 2.53. The van der Waals surface area contributed by atoms with Crippen molar-refractivity contribution in [1.29, 1.82) is 0 Å². The van der Waals surface area contributed by atoms with Crippen LogP contribution in [0.3, 0.4) is 0 Å². The first-order valence-electron chi connectivity index (χ1n) is 8.19. The SMILES string of the molecule is CCCCC[C@H](CO)c1ccc2c(c1)C(SC)(SC)CCO2. The molecule has 0 saturated carbocycles. The molecular formula is C18H28O2S2. The Balaban J connectivity index is 2.28. The van der Waals surface area contributed by atoms with Gasteiger partial charge in [-0.25, -0.2) is 0 Å². The van der Waals surface area contributed by atoms with E-state index in [0.29, 0.717) is 0 Å². The maximum absolute atomic E-state index is 9.79. The van der Waals surface area contributed by atoms with Crippen LogP contribution in [0.5, 0.6) is 5.75 Å². The molecule has 0 aliphatic carbocycles. The lowest BCUT2D eigenvalue weighted by molar-refractivity contribution is 0.255. The van der Waals surface area contributed by atoms with Crippen LogP contribution in [-0.4, -0.2) is 30.8 Å². The first-order valence-corrected chi connectivity index (χ1v) is 10.6. The van der Waals surface area contributed by atoms with Gasteiger partial charge in [0.1, 0.15) is 5.75 Å². The second kappa shape index (κ2) is 8.51. The average Bonchev–Trinajstić information content (AvgIpc) is 2.58. The molecule has 1 aromatic rings. The topological polar surface area (TPSA) is 29.5 Å². The number of unbranched alkanes of at least 4 members (excludes halogenated alkanes) is 2. The smallest absolute Gasteiger partial charge is 0.124 e. The van der Waals surface area contributed by atoms with Gasteiger partial charge in [-0.1, -0.05) is 32.3 Å². The minimum atomic E-state index is 0.0903. The Hall–Kier alpha value is -0.320. The van der Waals surface area contributed by atoms with Crippen LogP contribution < -0.4 is 4.74 Å². The molecule has 22 heavy (non-hydrogen) atoms. The fraction of sp³-hybridized carbons (Fsp3) is 0.667. The van der Waals surface area contributed by atoms with Crippen LogP contribution >= 0.6 is 23.5 Å². The van der Waals surface area contributed by atoms with Crippen molar-refractivity contribution in [2.45, 2.75) is 49.0 Å². The minimum Gasteiger partial charge on any atom is -0.493 e. The van der Waals surface area contributed by atoms with Crippen LogP contribution in [0.15, 0.2) is 18.2 Å².